The van der Waals surface area contributed by atoms with Crippen molar-refractivity contribution in [1.29, 1.82) is 0 Å². The summed E-state index contributed by atoms with van der Waals surface area (Å²) in [6.07, 6.45) is 11.8. The van der Waals surface area contributed by atoms with Crippen molar-refractivity contribution in [3.8, 4) is 0 Å². The van der Waals surface area contributed by atoms with Gasteiger partial charge in [0.25, 0.3) is 5.97 Å². The number of carboxylic acids is 1. The first-order chi connectivity index (χ1) is 26.2. The molecule has 0 bridgehead atoms. The van der Waals surface area contributed by atoms with Crippen molar-refractivity contribution < 1.29 is 53.6 Å². The van der Waals surface area contributed by atoms with Crippen LogP contribution in [0.3, 0.4) is 0 Å². The van der Waals surface area contributed by atoms with E-state index in [0.717, 1.165) is 89.8 Å². The average molecular weight is 894 g/mol. The van der Waals surface area contributed by atoms with Gasteiger partial charge in [-0.15, -0.1) is 0 Å². The summed E-state index contributed by atoms with van der Waals surface area (Å²) >= 11 is 6.01. The van der Waals surface area contributed by atoms with Crippen LogP contribution < -0.4 is 21.7 Å². The van der Waals surface area contributed by atoms with Crippen molar-refractivity contribution >= 4 is 62.6 Å². The van der Waals surface area contributed by atoms with Gasteiger partial charge in [-0.05, 0) is 95.9 Å². The third-order valence-electron chi connectivity index (χ3n) is 6.19. The third-order valence-corrected chi connectivity index (χ3v) is 10.8. The maximum absolute atomic E-state index is 10.6. The van der Waals surface area contributed by atoms with Crippen LogP contribution in [0.25, 0.3) is 0 Å². The van der Waals surface area contributed by atoms with Gasteiger partial charge in [0.2, 0.25) is 29.9 Å². The molecule has 9 N–H and O–H groups in total. The highest BCUT2D eigenvalue weighted by molar-refractivity contribution is 7.19. The number of nitrogens with one attached hydrogen (secondary N) is 3. The fraction of sp³-hybridized carbons (Fsp3) is 0.842. The van der Waals surface area contributed by atoms with Gasteiger partial charge in [0.1, 0.15) is 0 Å². The number of unbranched alkanes of at least 4 members (excludes halogenated alkanes) is 4. The molecule has 17 nitrogen and oxygen atoms in total. The minimum atomic E-state index is -1.61. The second-order valence-corrected chi connectivity index (χ2v) is 24.6. The van der Waals surface area contributed by atoms with E-state index in [0.29, 0.717) is 39.3 Å². The second-order valence-electron chi connectivity index (χ2n) is 13.2. The normalized spacial score (nSPS) is 9.40. The number of isocyanates is 2. The molecule has 20 heteroatoms. The Labute approximate surface area is 357 Å². The Hall–Kier alpha value is -2.84. The maximum atomic E-state index is 10.6. The Morgan fingerprint density at radius 1 is 0.621 bits per heavy atom. The quantitative estimate of drug-likeness (QED) is 0.0200. The lowest BCUT2D eigenvalue weighted by molar-refractivity contribution is -0.134. The first-order valence-corrected chi connectivity index (χ1v) is 26.4. The third kappa shape index (κ3) is 111. The van der Waals surface area contributed by atoms with Crippen LogP contribution in [0.4, 0.5) is 0 Å². The molecule has 0 saturated heterocycles. The molecule has 0 heterocycles. The number of hydrogen-bond acceptors (Lipinski definition) is 13. The smallest absolute Gasteiger partial charge is 0.300 e. The summed E-state index contributed by atoms with van der Waals surface area (Å²) in [7, 11) is -3.04. The summed E-state index contributed by atoms with van der Waals surface area (Å²) in [4.78, 5) is 66.6. The number of hydrogen-bond donors (Lipinski definition) is 8. The summed E-state index contributed by atoms with van der Waals surface area (Å²) in [6.45, 7) is 19.4. The molecule has 0 aliphatic heterocycles. The molecule has 0 saturated carbocycles. The lowest BCUT2D eigenvalue weighted by atomic mass is 10.3. The van der Waals surface area contributed by atoms with E-state index in [4.69, 9.17) is 46.5 Å². The number of carboxylic acid groups (broad SMARTS) is 1. The van der Waals surface area contributed by atoms with E-state index in [1.54, 1.807) is 6.08 Å². The number of rotatable bonds is 25. The molecule has 0 aromatic rings. The molecule has 0 aromatic heterocycles. The Balaban J connectivity index is -0.0000000909. The predicted molar refractivity (Wildman–Crippen MR) is 242 cm³/mol. The number of nitrogens with zero attached hydrogens (tertiary/aromatic N) is 2. The molecular weight excluding hydrogens is 808 g/mol. The maximum Gasteiger partial charge on any atom is 0.300 e. The minimum absolute atomic E-state index is 0. The van der Waals surface area contributed by atoms with E-state index in [2.05, 4.69) is 52.1 Å². The van der Waals surface area contributed by atoms with E-state index in [1.807, 2.05) is 0 Å². The minimum Gasteiger partial charge on any atom is -0.481 e. The monoisotopic (exact) mass is 893 g/mol. The molecule has 0 aliphatic carbocycles. The lowest BCUT2D eigenvalue weighted by Gasteiger charge is -2.22. The zero-order valence-electron chi connectivity index (χ0n) is 35.6. The first-order valence-electron chi connectivity index (χ1n) is 19.1. The van der Waals surface area contributed by atoms with E-state index >= 15 is 0 Å². The fourth-order valence-electron chi connectivity index (χ4n) is 3.42. The molecule has 0 aromatic carbocycles. The molecule has 348 valence electrons. The van der Waals surface area contributed by atoms with Gasteiger partial charge in [-0.1, -0.05) is 27.9 Å². The van der Waals surface area contributed by atoms with Crippen LogP contribution in [0.2, 0.25) is 38.3 Å². The van der Waals surface area contributed by atoms with Crippen LogP contribution in [0, 0.1) is 0 Å². The summed E-state index contributed by atoms with van der Waals surface area (Å²) in [6, 6.07) is 2.02. The number of carbonyl (C=O) groups is 4. The molecule has 0 aliphatic rings. The SMILES string of the molecule is C.C.CC(=O)NCCCCO.CC(=O)NCCCCO.CC(=O)NCCCCO[Si](C)(C)CCCN=C=O.CC(=O)O.C[Si](C)(Cl)CCCN=C=O.NCCCCO. The predicted octanol–water partition coefficient (Wildman–Crippen LogP) is 4.88. The number of aliphatic hydroxyl groups is 3. The number of aliphatic hydroxyl groups excluding tert-OH is 3. The number of halogens is 1. The molecular formula is C38H85ClN6O11Si2. The van der Waals surface area contributed by atoms with E-state index in [-0.39, 0.29) is 52.4 Å². The van der Waals surface area contributed by atoms with Crippen LogP contribution in [0.5, 0.6) is 0 Å². The fourth-order valence-corrected chi connectivity index (χ4v) is 6.67. The largest absolute Gasteiger partial charge is 0.481 e. The van der Waals surface area contributed by atoms with Crippen molar-refractivity contribution in [3.05, 3.63) is 0 Å². The van der Waals surface area contributed by atoms with Crippen molar-refractivity contribution in [3.63, 3.8) is 0 Å². The van der Waals surface area contributed by atoms with E-state index in [1.165, 1.54) is 26.9 Å². The summed E-state index contributed by atoms with van der Waals surface area (Å²) < 4.78 is 5.90. The number of aliphatic imine (C=N–C) groups is 2. The molecule has 3 amide bonds. The number of aliphatic carboxylic acids is 1. The number of nitrogens with two attached hydrogens (primary N) is 1. The Morgan fingerprint density at radius 2 is 0.948 bits per heavy atom. The zero-order chi connectivity index (χ0) is 44.5. The van der Waals surface area contributed by atoms with Gasteiger partial charge < -0.3 is 46.5 Å². The molecule has 0 radical (unpaired) electrons. The van der Waals surface area contributed by atoms with Gasteiger partial charge >= 0.3 is 0 Å². The lowest BCUT2D eigenvalue weighted by Crippen LogP contribution is -2.31. The summed E-state index contributed by atoms with van der Waals surface area (Å²) in [5.41, 5.74) is 5.10. The molecule has 0 unspecified atom stereocenters. The van der Waals surface area contributed by atoms with Gasteiger partial charge in [0.05, 0.1) is 13.1 Å². The van der Waals surface area contributed by atoms with Gasteiger partial charge in [-0.25, -0.2) is 19.6 Å². The van der Waals surface area contributed by atoms with Gasteiger partial charge in [-0.2, -0.15) is 11.1 Å². The zero-order valence-corrected chi connectivity index (χ0v) is 38.3. The first kappa shape index (κ1) is 72.8. The van der Waals surface area contributed by atoms with E-state index in [9.17, 15) is 24.0 Å². The van der Waals surface area contributed by atoms with Crippen LogP contribution in [-0.2, 0) is 33.2 Å². The summed E-state index contributed by atoms with van der Waals surface area (Å²) in [5, 5.41) is 40.2. The van der Waals surface area contributed by atoms with Gasteiger partial charge in [-0.3, -0.25) is 19.2 Å². The van der Waals surface area contributed by atoms with Crippen LogP contribution in [0.15, 0.2) is 9.98 Å². The number of carbonyl (C=O) groups excluding carboxylic acids is 5. The van der Waals surface area contributed by atoms with Crippen molar-refractivity contribution in [1.82, 2.24) is 16.0 Å². The Morgan fingerprint density at radius 3 is 1.22 bits per heavy atom. The molecule has 0 fully saturated rings. The van der Waals surface area contributed by atoms with Crippen molar-refractivity contribution in [2.75, 3.05) is 65.7 Å². The molecule has 0 rings (SSSR count). The molecule has 58 heavy (non-hydrogen) atoms. The van der Waals surface area contributed by atoms with Gasteiger partial charge in [0.15, 0.2) is 15.7 Å². The topological polar surface area (TPSA) is 279 Å². The average Bonchev–Trinajstić information content (AvgIpc) is 3.10. The van der Waals surface area contributed by atoms with Crippen molar-refractivity contribution in [2.45, 2.75) is 145 Å². The Kier molecular flexibility index (Phi) is 73.4. The van der Waals surface area contributed by atoms with Crippen LogP contribution in [0.1, 0.15) is 107 Å². The van der Waals surface area contributed by atoms with Crippen molar-refractivity contribution in [2.24, 2.45) is 15.7 Å². The number of amides is 3. The van der Waals surface area contributed by atoms with Crippen LogP contribution >= 0.6 is 11.1 Å². The Bertz CT molecular complexity index is 986. The second kappa shape index (κ2) is 58.5. The highest BCUT2D eigenvalue weighted by Gasteiger charge is 2.21. The highest BCUT2D eigenvalue weighted by atomic mass is 35.6. The molecule has 0 atom stereocenters. The van der Waals surface area contributed by atoms with Gasteiger partial charge in [0, 0.05) is 73.8 Å². The molecule has 0 spiro atoms. The van der Waals surface area contributed by atoms with Crippen LogP contribution in [-0.4, -0.2) is 138 Å². The highest BCUT2D eigenvalue weighted by Crippen LogP contribution is 2.16. The summed E-state index contributed by atoms with van der Waals surface area (Å²) in [5.74, 6) is -0.831. The standard InChI is InChI=1S/C12H24N2O3Si.C6H12ClNOSi.2C6H13NO2.C4H11NO.C2H4O2.2CH4/c1-12(16)14-8-4-5-9-17-18(2,3)10-6-7-13-11-15;1-10(2,7)5-3-4-8-6-9;2*1-6(9)7-4-2-3-5-8;5-3-1-2-4-6;1-2(3)4;;/h4-10H2,1-3H3,(H,14,16);3-5H2,1-2H3;2*8H,2-5H2,1H3,(H,7,9);6H,1-5H2;1H3,(H,3,4);2*1H4. The van der Waals surface area contributed by atoms with E-state index < -0.39 is 21.7 Å².